The van der Waals surface area contributed by atoms with E-state index in [1.54, 1.807) is 0 Å². The number of carbonyl (C=O) groups is 1. The molecule has 1 aliphatic rings. The Morgan fingerprint density at radius 1 is 1.45 bits per heavy atom. The molecule has 0 spiro atoms. The fourth-order valence-corrected chi connectivity index (χ4v) is 1.22. The molecule has 3 heteroatoms. The second-order valence-corrected chi connectivity index (χ2v) is 2.76. The summed E-state index contributed by atoms with van der Waals surface area (Å²) in [4.78, 5) is 10.8. The van der Waals surface area contributed by atoms with Crippen LogP contribution in [0.3, 0.4) is 0 Å². The molecule has 62 valence electrons. The van der Waals surface area contributed by atoms with Crippen molar-refractivity contribution in [3.05, 3.63) is 11.6 Å². The molecule has 0 bridgehead atoms. The first-order valence-corrected chi connectivity index (χ1v) is 3.77. The normalized spacial score (nSPS) is 30.8. The van der Waals surface area contributed by atoms with Crippen molar-refractivity contribution in [2.24, 2.45) is 0 Å². The molecule has 2 atom stereocenters. The Labute approximate surface area is 65.3 Å². The maximum atomic E-state index is 10.8. The van der Waals surface area contributed by atoms with E-state index in [0.29, 0.717) is 12.0 Å². The van der Waals surface area contributed by atoms with Gasteiger partial charge in [-0.05, 0) is 18.1 Å². The van der Waals surface area contributed by atoms with Gasteiger partial charge in [-0.2, -0.15) is 0 Å². The number of ketones is 1. The number of rotatable bonds is 2. The molecule has 1 aliphatic carbocycles. The molecule has 0 amide bonds. The van der Waals surface area contributed by atoms with Crippen molar-refractivity contribution in [3.63, 3.8) is 0 Å². The van der Waals surface area contributed by atoms with Gasteiger partial charge in [-0.3, -0.25) is 4.79 Å². The van der Waals surface area contributed by atoms with Crippen molar-refractivity contribution >= 4 is 5.78 Å². The molecule has 0 saturated carbocycles. The van der Waals surface area contributed by atoms with Gasteiger partial charge in [0.2, 0.25) is 0 Å². The lowest BCUT2D eigenvalue weighted by molar-refractivity contribution is -0.124. The highest BCUT2D eigenvalue weighted by atomic mass is 16.3. The van der Waals surface area contributed by atoms with Crippen LogP contribution in [0.15, 0.2) is 11.6 Å². The Kier molecular flexibility index (Phi) is 2.42. The van der Waals surface area contributed by atoms with Crippen LogP contribution in [0.4, 0.5) is 0 Å². The average Bonchev–Trinajstić information content (AvgIpc) is 2.19. The third-order valence-corrected chi connectivity index (χ3v) is 1.84. The molecule has 0 aromatic rings. The maximum absolute atomic E-state index is 10.8. The standard InChI is InChI=1S/C8H12O3/c1-2-3-5-4-6(9)8(11)7(5)10/h4,7-8,10-11H,2-3H2,1H3/t7-,8-/m1/s1. The monoisotopic (exact) mass is 156 g/mol. The van der Waals surface area contributed by atoms with Crippen molar-refractivity contribution in [3.8, 4) is 0 Å². The Hall–Kier alpha value is -0.670. The van der Waals surface area contributed by atoms with Gasteiger partial charge in [0.15, 0.2) is 5.78 Å². The van der Waals surface area contributed by atoms with Crippen molar-refractivity contribution in [1.82, 2.24) is 0 Å². The first-order valence-electron chi connectivity index (χ1n) is 3.77. The van der Waals surface area contributed by atoms with E-state index in [2.05, 4.69) is 0 Å². The summed E-state index contributed by atoms with van der Waals surface area (Å²) in [5.41, 5.74) is 0.657. The second kappa shape index (κ2) is 3.15. The molecule has 0 aliphatic heterocycles. The molecule has 0 saturated heterocycles. The fourth-order valence-electron chi connectivity index (χ4n) is 1.22. The van der Waals surface area contributed by atoms with E-state index in [1.807, 2.05) is 6.92 Å². The Bertz CT molecular complexity index is 196. The number of carbonyl (C=O) groups excluding carboxylic acids is 1. The van der Waals surface area contributed by atoms with Crippen molar-refractivity contribution < 1.29 is 15.0 Å². The summed E-state index contributed by atoms with van der Waals surface area (Å²) < 4.78 is 0. The first kappa shape index (κ1) is 8.43. The van der Waals surface area contributed by atoms with E-state index in [-0.39, 0.29) is 5.78 Å². The van der Waals surface area contributed by atoms with Crippen LogP contribution in [0.2, 0.25) is 0 Å². The van der Waals surface area contributed by atoms with Gasteiger partial charge in [0.1, 0.15) is 12.2 Å². The predicted molar refractivity (Wildman–Crippen MR) is 40.0 cm³/mol. The lowest BCUT2D eigenvalue weighted by atomic mass is 10.1. The van der Waals surface area contributed by atoms with Gasteiger partial charge in [-0.1, -0.05) is 13.3 Å². The number of hydrogen-bond acceptors (Lipinski definition) is 3. The molecule has 11 heavy (non-hydrogen) atoms. The predicted octanol–water partition coefficient (Wildman–Crippen LogP) is 0.0174. The molecule has 2 N–H and O–H groups in total. The summed E-state index contributed by atoms with van der Waals surface area (Å²) in [7, 11) is 0. The first-order chi connectivity index (χ1) is 5.16. The molecule has 0 radical (unpaired) electrons. The van der Waals surface area contributed by atoms with E-state index in [0.717, 1.165) is 6.42 Å². The molecule has 0 aromatic heterocycles. The van der Waals surface area contributed by atoms with E-state index in [1.165, 1.54) is 6.08 Å². The van der Waals surface area contributed by atoms with Gasteiger partial charge in [0, 0.05) is 0 Å². The van der Waals surface area contributed by atoms with Crippen LogP contribution >= 0.6 is 0 Å². The zero-order valence-corrected chi connectivity index (χ0v) is 6.45. The molecule has 0 fully saturated rings. The lowest BCUT2D eigenvalue weighted by Crippen LogP contribution is -2.27. The van der Waals surface area contributed by atoms with Gasteiger partial charge in [-0.15, -0.1) is 0 Å². The van der Waals surface area contributed by atoms with E-state index >= 15 is 0 Å². The van der Waals surface area contributed by atoms with Crippen LogP contribution < -0.4 is 0 Å². The lowest BCUT2D eigenvalue weighted by Gasteiger charge is -2.09. The Morgan fingerprint density at radius 2 is 2.09 bits per heavy atom. The minimum atomic E-state index is -1.21. The summed E-state index contributed by atoms with van der Waals surface area (Å²) >= 11 is 0. The SMILES string of the molecule is CCCC1=CC(=O)[C@@H](O)[C@@H]1O. The number of aliphatic hydroxyl groups excluding tert-OH is 2. The van der Waals surface area contributed by atoms with Crippen molar-refractivity contribution in [2.75, 3.05) is 0 Å². The molecular formula is C8H12O3. The van der Waals surface area contributed by atoms with Crippen LogP contribution in [-0.4, -0.2) is 28.2 Å². The van der Waals surface area contributed by atoms with Crippen LogP contribution in [0.25, 0.3) is 0 Å². The summed E-state index contributed by atoms with van der Waals surface area (Å²) in [6, 6.07) is 0. The van der Waals surface area contributed by atoms with Crippen LogP contribution in [0.1, 0.15) is 19.8 Å². The molecule has 0 aromatic carbocycles. The summed E-state index contributed by atoms with van der Waals surface area (Å²) in [6.45, 7) is 1.96. The van der Waals surface area contributed by atoms with Crippen LogP contribution in [0.5, 0.6) is 0 Å². The van der Waals surface area contributed by atoms with Crippen LogP contribution in [0, 0.1) is 0 Å². The van der Waals surface area contributed by atoms with E-state index in [4.69, 9.17) is 5.11 Å². The smallest absolute Gasteiger partial charge is 0.187 e. The highest BCUT2D eigenvalue weighted by molar-refractivity contribution is 5.97. The molecule has 3 nitrogen and oxygen atoms in total. The molecule has 0 heterocycles. The van der Waals surface area contributed by atoms with Crippen molar-refractivity contribution in [2.45, 2.75) is 32.0 Å². The largest absolute Gasteiger partial charge is 0.386 e. The average molecular weight is 156 g/mol. The minimum Gasteiger partial charge on any atom is -0.386 e. The maximum Gasteiger partial charge on any atom is 0.187 e. The van der Waals surface area contributed by atoms with Crippen LogP contribution in [-0.2, 0) is 4.79 Å². The summed E-state index contributed by atoms with van der Waals surface area (Å²) in [5.74, 6) is -0.374. The molecular weight excluding hydrogens is 144 g/mol. The third kappa shape index (κ3) is 1.49. The van der Waals surface area contributed by atoms with Gasteiger partial charge in [0.05, 0.1) is 0 Å². The highest BCUT2D eigenvalue weighted by Gasteiger charge is 2.31. The van der Waals surface area contributed by atoms with E-state index in [9.17, 15) is 9.90 Å². The quantitative estimate of drug-likeness (QED) is 0.592. The Morgan fingerprint density at radius 3 is 2.45 bits per heavy atom. The number of hydrogen-bond donors (Lipinski definition) is 2. The third-order valence-electron chi connectivity index (χ3n) is 1.84. The summed E-state index contributed by atoms with van der Waals surface area (Å²) in [5, 5.41) is 18.2. The molecule has 1 rings (SSSR count). The molecule has 0 unspecified atom stereocenters. The second-order valence-electron chi connectivity index (χ2n) is 2.76. The van der Waals surface area contributed by atoms with Gasteiger partial charge < -0.3 is 10.2 Å². The fraction of sp³-hybridized carbons (Fsp3) is 0.625. The zero-order valence-electron chi connectivity index (χ0n) is 6.45. The van der Waals surface area contributed by atoms with Gasteiger partial charge in [-0.25, -0.2) is 0 Å². The topological polar surface area (TPSA) is 57.5 Å². The minimum absolute atomic E-state index is 0.374. The zero-order chi connectivity index (χ0) is 8.43. The van der Waals surface area contributed by atoms with Crippen molar-refractivity contribution in [1.29, 1.82) is 0 Å². The Balaban J connectivity index is 2.67. The van der Waals surface area contributed by atoms with Gasteiger partial charge >= 0.3 is 0 Å². The highest BCUT2D eigenvalue weighted by Crippen LogP contribution is 2.20. The number of aliphatic hydroxyl groups is 2. The summed E-state index contributed by atoms with van der Waals surface area (Å²) in [6.07, 6.45) is 0.741. The van der Waals surface area contributed by atoms with E-state index < -0.39 is 12.2 Å². The van der Waals surface area contributed by atoms with Gasteiger partial charge in [0.25, 0.3) is 0 Å².